The van der Waals surface area contributed by atoms with Crippen LogP contribution in [0, 0.1) is 6.92 Å². The third-order valence-electron chi connectivity index (χ3n) is 5.53. The second-order valence-corrected chi connectivity index (χ2v) is 7.73. The van der Waals surface area contributed by atoms with Crippen LogP contribution in [0.25, 0.3) is 0 Å². The third kappa shape index (κ3) is 4.41. The molecule has 1 aliphatic rings. The molecule has 1 saturated heterocycles. The lowest BCUT2D eigenvalue weighted by Gasteiger charge is -2.23. The number of rotatable bonds is 5. The zero-order chi connectivity index (χ0) is 22.7. The summed E-state index contributed by atoms with van der Waals surface area (Å²) < 4.78 is 1.14. The molecule has 4 rings (SSSR count). The van der Waals surface area contributed by atoms with Crippen molar-refractivity contribution in [2.24, 2.45) is 7.05 Å². The molecule has 2 amide bonds. The van der Waals surface area contributed by atoms with Crippen molar-refractivity contribution >= 4 is 11.8 Å². The maximum Gasteiger partial charge on any atom is 0.274 e. The molecule has 9 nitrogen and oxygen atoms in total. The third-order valence-corrected chi connectivity index (χ3v) is 5.53. The van der Waals surface area contributed by atoms with Crippen LogP contribution in [0.2, 0.25) is 0 Å². The summed E-state index contributed by atoms with van der Waals surface area (Å²) >= 11 is 0. The summed E-state index contributed by atoms with van der Waals surface area (Å²) in [5.41, 5.74) is 1.88. The average molecular weight is 432 g/mol. The maximum atomic E-state index is 13.0. The summed E-state index contributed by atoms with van der Waals surface area (Å²) in [6, 6.07) is 12.1. The molecule has 0 bridgehead atoms. The average Bonchev–Trinajstić information content (AvgIpc) is 3.29. The van der Waals surface area contributed by atoms with Crippen LogP contribution in [0.4, 0.5) is 0 Å². The van der Waals surface area contributed by atoms with Gasteiger partial charge in [-0.25, -0.2) is 14.6 Å². The second kappa shape index (κ2) is 9.09. The normalized spacial score (nSPS) is 15.6. The van der Waals surface area contributed by atoms with Crippen molar-refractivity contribution in [3.8, 4) is 0 Å². The zero-order valence-electron chi connectivity index (χ0n) is 18.0. The van der Waals surface area contributed by atoms with Crippen molar-refractivity contribution in [2.75, 3.05) is 6.54 Å². The van der Waals surface area contributed by atoms with Crippen LogP contribution in [0.3, 0.4) is 0 Å². The lowest BCUT2D eigenvalue weighted by atomic mass is 10.1. The molecule has 1 atom stereocenters. The number of carbonyl (C=O) groups is 2. The van der Waals surface area contributed by atoms with E-state index < -0.39 is 0 Å². The Bertz CT molecular complexity index is 1210. The Labute approximate surface area is 185 Å². The van der Waals surface area contributed by atoms with Crippen LogP contribution in [0.1, 0.15) is 56.8 Å². The van der Waals surface area contributed by atoms with Crippen molar-refractivity contribution in [3.05, 3.63) is 87.4 Å². The van der Waals surface area contributed by atoms with E-state index in [1.54, 1.807) is 11.8 Å². The molecule has 32 heavy (non-hydrogen) atoms. The van der Waals surface area contributed by atoms with Crippen molar-refractivity contribution in [3.63, 3.8) is 0 Å². The first-order valence-electron chi connectivity index (χ1n) is 10.4. The molecule has 1 fully saturated rings. The monoisotopic (exact) mass is 432 g/mol. The Kier molecular flexibility index (Phi) is 6.07. The van der Waals surface area contributed by atoms with E-state index in [9.17, 15) is 14.4 Å². The largest absolute Gasteiger partial charge is 0.348 e. The van der Waals surface area contributed by atoms with E-state index in [1.165, 1.54) is 25.4 Å². The van der Waals surface area contributed by atoms with Crippen LogP contribution in [0.15, 0.2) is 53.5 Å². The Morgan fingerprint density at radius 2 is 1.94 bits per heavy atom. The Morgan fingerprint density at radius 3 is 2.66 bits per heavy atom. The summed E-state index contributed by atoms with van der Waals surface area (Å²) in [6.07, 6.45) is 3.05. The number of nitrogens with zero attached hydrogens (tertiary/aromatic N) is 5. The number of carbonyl (C=O) groups excluding carboxylic acids is 2. The van der Waals surface area contributed by atoms with E-state index in [4.69, 9.17) is 0 Å². The first-order valence-corrected chi connectivity index (χ1v) is 10.4. The number of hydrogen-bond acceptors (Lipinski definition) is 6. The van der Waals surface area contributed by atoms with Gasteiger partial charge in [0.05, 0.1) is 17.3 Å². The Balaban J connectivity index is 1.50. The molecule has 0 saturated carbocycles. The van der Waals surface area contributed by atoms with Gasteiger partial charge < -0.3 is 10.2 Å². The molecule has 1 aromatic carbocycles. The molecule has 164 valence electrons. The van der Waals surface area contributed by atoms with Gasteiger partial charge in [0.1, 0.15) is 5.69 Å². The standard InChI is InChI=1S/C23H24N6O3/c1-15-17(22(31)25-13-16-7-4-3-5-8-16)14-24-21(26-15)19-9-6-12-29(19)23(32)18-10-11-20(30)28(2)27-18/h3-5,7-8,10-11,14,19H,6,9,12-13H2,1-2H3,(H,25,31). The molecule has 0 aliphatic carbocycles. The van der Waals surface area contributed by atoms with Gasteiger partial charge in [-0.3, -0.25) is 14.4 Å². The fourth-order valence-electron chi connectivity index (χ4n) is 3.78. The van der Waals surface area contributed by atoms with Crippen LogP contribution < -0.4 is 10.9 Å². The highest BCUT2D eigenvalue weighted by Gasteiger charge is 2.33. The molecule has 2 aromatic heterocycles. The Hall–Kier alpha value is -3.88. The first-order chi connectivity index (χ1) is 15.4. The molecule has 1 N–H and O–H groups in total. The number of aromatic nitrogens is 4. The number of amides is 2. The highest BCUT2D eigenvalue weighted by Crippen LogP contribution is 2.31. The lowest BCUT2D eigenvalue weighted by Crippen LogP contribution is -2.34. The summed E-state index contributed by atoms with van der Waals surface area (Å²) in [7, 11) is 1.51. The minimum Gasteiger partial charge on any atom is -0.348 e. The van der Waals surface area contributed by atoms with Crippen molar-refractivity contribution in [1.82, 2.24) is 30.0 Å². The zero-order valence-corrected chi connectivity index (χ0v) is 18.0. The molecular formula is C23H24N6O3. The number of likely N-dealkylation sites (tertiary alicyclic amines) is 1. The molecule has 0 radical (unpaired) electrons. The van der Waals surface area contributed by atoms with Gasteiger partial charge in [0.25, 0.3) is 17.4 Å². The van der Waals surface area contributed by atoms with Gasteiger partial charge in [-0.1, -0.05) is 30.3 Å². The van der Waals surface area contributed by atoms with Crippen LogP contribution in [-0.4, -0.2) is 43.0 Å². The fraction of sp³-hybridized carbons (Fsp3) is 0.304. The van der Waals surface area contributed by atoms with E-state index in [0.717, 1.165) is 23.1 Å². The van der Waals surface area contributed by atoms with Crippen LogP contribution in [-0.2, 0) is 13.6 Å². The van der Waals surface area contributed by atoms with Crippen molar-refractivity contribution in [1.29, 1.82) is 0 Å². The molecule has 0 spiro atoms. The minimum absolute atomic E-state index is 0.202. The molecule has 1 aliphatic heterocycles. The smallest absolute Gasteiger partial charge is 0.274 e. The van der Waals surface area contributed by atoms with Crippen molar-refractivity contribution < 1.29 is 9.59 Å². The first kappa shape index (κ1) is 21.4. The Morgan fingerprint density at radius 1 is 1.16 bits per heavy atom. The summed E-state index contributed by atoms with van der Waals surface area (Å²) in [4.78, 5) is 47.8. The number of nitrogens with one attached hydrogen (secondary N) is 1. The van der Waals surface area contributed by atoms with E-state index in [0.29, 0.717) is 30.2 Å². The predicted molar refractivity (Wildman–Crippen MR) is 117 cm³/mol. The number of hydrogen-bond donors (Lipinski definition) is 1. The van der Waals surface area contributed by atoms with E-state index in [1.807, 2.05) is 30.3 Å². The van der Waals surface area contributed by atoms with E-state index in [-0.39, 0.29) is 29.1 Å². The quantitative estimate of drug-likeness (QED) is 0.658. The SMILES string of the molecule is Cc1nc(C2CCCN2C(=O)c2ccc(=O)n(C)n2)ncc1C(=O)NCc1ccccc1. The van der Waals surface area contributed by atoms with Gasteiger partial charge in [-0.05, 0) is 31.4 Å². The van der Waals surface area contributed by atoms with Gasteiger partial charge >= 0.3 is 0 Å². The predicted octanol–water partition coefficient (Wildman–Crippen LogP) is 1.79. The molecule has 3 aromatic rings. The van der Waals surface area contributed by atoms with Gasteiger partial charge in [-0.15, -0.1) is 0 Å². The number of aryl methyl sites for hydroxylation is 2. The highest BCUT2D eigenvalue weighted by molar-refractivity contribution is 5.95. The lowest BCUT2D eigenvalue weighted by molar-refractivity contribution is 0.0720. The molecule has 9 heteroatoms. The van der Waals surface area contributed by atoms with Gasteiger partial charge in [0.2, 0.25) is 0 Å². The molecule has 1 unspecified atom stereocenters. The maximum absolute atomic E-state index is 13.0. The summed E-state index contributed by atoms with van der Waals surface area (Å²) in [5, 5.41) is 6.95. The van der Waals surface area contributed by atoms with E-state index >= 15 is 0 Å². The molecular weight excluding hydrogens is 408 g/mol. The minimum atomic E-state index is -0.304. The van der Waals surface area contributed by atoms with Crippen LogP contribution >= 0.6 is 0 Å². The van der Waals surface area contributed by atoms with E-state index in [2.05, 4.69) is 20.4 Å². The summed E-state index contributed by atoms with van der Waals surface area (Å²) in [5.74, 6) is -0.0153. The fourth-order valence-corrected chi connectivity index (χ4v) is 3.78. The highest BCUT2D eigenvalue weighted by atomic mass is 16.2. The second-order valence-electron chi connectivity index (χ2n) is 7.73. The van der Waals surface area contributed by atoms with Crippen molar-refractivity contribution in [2.45, 2.75) is 32.4 Å². The molecule has 3 heterocycles. The van der Waals surface area contributed by atoms with Gasteiger partial charge in [-0.2, -0.15) is 5.10 Å². The van der Waals surface area contributed by atoms with Gasteiger partial charge in [0.15, 0.2) is 5.82 Å². The summed E-state index contributed by atoms with van der Waals surface area (Å²) in [6.45, 7) is 2.73. The topological polar surface area (TPSA) is 110 Å². The van der Waals surface area contributed by atoms with Gasteiger partial charge in [0, 0.05) is 32.4 Å². The number of benzene rings is 1. The van der Waals surface area contributed by atoms with Crippen LogP contribution in [0.5, 0.6) is 0 Å².